The highest BCUT2D eigenvalue weighted by atomic mass is 32.2. The number of aryl methyl sites for hydroxylation is 1. The number of benzene rings is 3. The predicted octanol–water partition coefficient (Wildman–Crippen LogP) is 5.67. The molecule has 0 aliphatic carbocycles. The zero-order valence-electron chi connectivity index (χ0n) is 20.0. The van der Waals surface area contributed by atoms with E-state index in [1.165, 1.54) is 17.1 Å². The van der Waals surface area contributed by atoms with E-state index < -0.39 is 0 Å². The molecule has 7 nitrogen and oxygen atoms in total. The van der Waals surface area contributed by atoms with Crippen molar-refractivity contribution in [3.63, 3.8) is 0 Å². The van der Waals surface area contributed by atoms with Crippen molar-refractivity contribution in [3.8, 4) is 5.75 Å². The number of ether oxygens (including phenoxy) is 1. The molecule has 0 aliphatic heterocycles. The van der Waals surface area contributed by atoms with E-state index in [0.29, 0.717) is 25.3 Å². The molecule has 1 heterocycles. The third kappa shape index (κ3) is 6.02. The lowest BCUT2D eigenvalue weighted by Crippen LogP contribution is -2.13. The average molecular weight is 488 g/mol. The van der Waals surface area contributed by atoms with Crippen molar-refractivity contribution in [1.82, 2.24) is 14.8 Å². The van der Waals surface area contributed by atoms with E-state index >= 15 is 0 Å². The fourth-order valence-electron chi connectivity index (χ4n) is 3.77. The second-order valence-electron chi connectivity index (χ2n) is 8.01. The fourth-order valence-corrected chi connectivity index (χ4v) is 4.68. The van der Waals surface area contributed by atoms with Gasteiger partial charge in [0.05, 0.1) is 13.7 Å². The molecule has 0 bridgehead atoms. The van der Waals surface area contributed by atoms with Gasteiger partial charge in [0.15, 0.2) is 11.0 Å². The first kappa shape index (κ1) is 24.3. The predicted molar refractivity (Wildman–Crippen MR) is 143 cm³/mol. The van der Waals surface area contributed by atoms with Crippen LogP contribution >= 0.6 is 11.8 Å². The second-order valence-corrected chi connectivity index (χ2v) is 9.07. The normalized spacial score (nSPS) is 10.8. The highest BCUT2D eigenvalue weighted by Crippen LogP contribution is 2.25. The fraction of sp³-hybridized carbons (Fsp3) is 0.222. The molecule has 1 amide bonds. The van der Waals surface area contributed by atoms with Crippen LogP contribution < -0.4 is 15.4 Å². The van der Waals surface area contributed by atoms with Crippen LogP contribution in [-0.2, 0) is 17.9 Å². The van der Waals surface area contributed by atoms with Gasteiger partial charge < -0.3 is 19.9 Å². The van der Waals surface area contributed by atoms with Gasteiger partial charge in [0.25, 0.3) is 0 Å². The summed E-state index contributed by atoms with van der Waals surface area (Å²) in [4.78, 5) is 12.5. The number of methoxy groups -OCH3 is 1. The van der Waals surface area contributed by atoms with Crippen LogP contribution in [0.4, 0.5) is 11.4 Å². The van der Waals surface area contributed by atoms with Gasteiger partial charge in [-0.1, -0.05) is 54.2 Å². The standard InChI is InChI=1S/C27H29N5O2S/c1-4-15-32-25(18-28-24-11-7-9-20-8-5-6-10-22(20)24)30-31-27(32)35-16-14-26(33)29-23-13-12-21(34-3)17-19(23)2/h4-13,17,28H,1,14-16,18H2,2-3H3,(H,29,33). The maximum atomic E-state index is 12.5. The number of carbonyl (C=O) groups is 1. The Morgan fingerprint density at radius 2 is 1.94 bits per heavy atom. The molecule has 0 unspecified atom stereocenters. The molecule has 4 aromatic rings. The molecule has 0 spiro atoms. The SMILES string of the molecule is C=CCn1c(CNc2cccc3ccccc23)nnc1SCCC(=O)Nc1ccc(OC)cc1C. The summed E-state index contributed by atoms with van der Waals surface area (Å²) in [5, 5.41) is 18.3. The number of aromatic nitrogens is 3. The minimum Gasteiger partial charge on any atom is -0.497 e. The number of nitrogens with one attached hydrogen (secondary N) is 2. The van der Waals surface area contributed by atoms with Crippen LogP contribution in [0.2, 0.25) is 0 Å². The molecule has 8 heteroatoms. The quantitative estimate of drug-likeness (QED) is 0.210. The Hall–Kier alpha value is -3.78. The second kappa shape index (κ2) is 11.6. The summed E-state index contributed by atoms with van der Waals surface area (Å²) in [5.74, 6) is 2.13. The van der Waals surface area contributed by atoms with E-state index in [-0.39, 0.29) is 5.91 Å². The topological polar surface area (TPSA) is 81.1 Å². The van der Waals surface area contributed by atoms with Crippen molar-refractivity contribution in [1.29, 1.82) is 0 Å². The zero-order chi connectivity index (χ0) is 24.6. The van der Waals surface area contributed by atoms with Gasteiger partial charge in [0.1, 0.15) is 5.75 Å². The summed E-state index contributed by atoms with van der Waals surface area (Å²) in [5.41, 5.74) is 2.80. The Bertz CT molecular complexity index is 1330. The van der Waals surface area contributed by atoms with E-state index in [9.17, 15) is 4.79 Å². The van der Waals surface area contributed by atoms with Gasteiger partial charge in [-0.05, 0) is 42.1 Å². The number of amides is 1. The summed E-state index contributed by atoms with van der Waals surface area (Å²) in [6, 6.07) is 20.1. The van der Waals surface area contributed by atoms with Gasteiger partial charge in [-0.15, -0.1) is 16.8 Å². The van der Waals surface area contributed by atoms with Crippen molar-refractivity contribution in [3.05, 3.63) is 84.7 Å². The lowest BCUT2D eigenvalue weighted by molar-refractivity contribution is -0.115. The zero-order valence-corrected chi connectivity index (χ0v) is 20.8. The number of rotatable bonds is 11. The van der Waals surface area contributed by atoms with E-state index in [1.54, 1.807) is 7.11 Å². The van der Waals surface area contributed by atoms with Gasteiger partial charge in [0.2, 0.25) is 5.91 Å². The number of allylic oxidation sites excluding steroid dienone is 1. The molecule has 180 valence electrons. The molecule has 4 rings (SSSR count). The summed E-state index contributed by atoms with van der Waals surface area (Å²) < 4.78 is 7.25. The summed E-state index contributed by atoms with van der Waals surface area (Å²) in [6.07, 6.45) is 2.19. The van der Waals surface area contributed by atoms with Crippen LogP contribution in [0.15, 0.2) is 78.5 Å². The van der Waals surface area contributed by atoms with E-state index in [4.69, 9.17) is 4.74 Å². The van der Waals surface area contributed by atoms with Crippen LogP contribution in [-0.4, -0.2) is 33.5 Å². The highest BCUT2D eigenvalue weighted by Gasteiger charge is 2.13. The minimum atomic E-state index is -0.0431. The molecule has 0 atom stereocenters. The van der Waals surface area contributed by atoms with Crippen molar-refractivity contribution in [2.24, 2.45) is 0 Å². The molecule has 35 heavy (non-hydrogen) atoms. The lowest BCUT2D eigenvalue weighted by Gasteiger charge is -2.12. The van der Waals surface area contributed by atoms with E-state index in [2.05, 4.69) is 51.7 Å². The van der Waals surface area contributed by atoms with Crippen LogP contribution in [0.1, 0.15) is 17.8 Å². The summed E-state index contributed by atoms with van der Waals surface area (Å²) >= 11 is 1.51. The summed E-state index contributed by atoms with van der Waals surface area (Å²) in [7, 11) is 1.63. The monoisotopic (exact) mass is 487 g/mol. The molecular weight excluding hydrogens is 458 g/mol. The first-order chi connectivity index (χ1) is 17.1. The molecule has 2 N–H and O–H groups in total. The Morgan fingerprint density at radius 1 is 1.11 bits per heavy atom. The number of hydrogen-bond acceptors (Lipinski definition) is 6. The first-order valence-corrected chi connectivity index (χ1v) is 12.4. The number of nitrogens with zero attached hydrogens (tertiary/aromatic N) is 3. The lowest BCUT2D eigenvalue weighted by atomic mass is 10.1. The van der Waals surface area contributed by atoms with Crippen molar-refractivity contribution < 1.29 is 9.53 Å². The average Bonchev–Trinajstić information content (AvgIpc) is 3.25. The highest BCUT2D eigenvalue weighted by molar-refractivity contribution is 7.99. The number of thioether (sulfide) groups is 1. The largest absolute Gasteiger partial charge is 0.497 e. The van der Waals surface area contributed by atoms with Gasteiger partial charge in [-0.3, -0.25) is 4.79 Å². The van der Waals surface area contributed by atoms with Crippen molar-refractivity contribution in [2.75, 3.05) is 23.5 Å². The molecular formula is C27H29N5O2S. The molecule has 3 aromatic carbocycles. The molecule has 1 aromatic heterocycles. The summed E-state index contributed by atoms with van der Waals surface area (Å²) in [6.45, 7) is 6.95. The number of carbonyl (C=O) groups excluding carboxylic acids is 1. The molecule has 0 saturated carbocycles. The van der Waals surface area contributed by atoms with Crippen LogP contribution in [0.5, 0.6) is 5.75 Å². The van der Waals surface area contributed by atoms with Crippen LogP contribution in [0.25, 0.3) is 10.8 Å². The van der Waals surface area contributed by atoms with E-state index in [0.717, 1.165) is 39.1 Å². The van der Waals surface area contributed by atoms with Crippen LogP contribution in [0, 0.1) is 6.92 Å². The van der Waals surface area contributed by atoms with Crippen molar-refractivity contribution in [2.45, 2.75) is 31.6 Å². The third-order valence-electron chi connectivity index (χ3n) is 5.60. The Labute approximate surface area is 209 Å². The smallest absolute Gasteiger partial charge is 0.225 e. The Morgan fingerprint density at radius 3 is 2.74 bits per heavy atom. The molecule has 0 aliphatic rings. The van der Waals surface area contributed by atoms with Gasteiger partial charge in [-0.2, -0.15) is 0 Å². The van der Waals surface area contributed by atoms with E-state index in [1.807, 2.05) is 54.0 Å². The van der Waals surface area contributed by atoms with Gasteiger partial charge >= 0.3 is 0 Å². The van der Waals surface area contributed by atoms with Gasteiger partial charge in [0, 0.05) is 35.5 Å². The van der Waals surface area contributed by atoms with Crippen molar-refractivity contribution >= 4 is 39.8 Å². The third-order valence-corrected chi connectivity index (χ3v) is 6.57. The maximum Gasteiger partial charge on any atom is 0.225 e. The van der Waals surface area contributed by atoms with Gasteiger partial charge in [-0.25, -0.2) is 0 Å². The Kier molecular flexibility index (Phi) is 8.05. The minimum absolute atomic E-state index is 0.0431. The molecule has 0 saturated heterocycles. The number of hydrogen-bond donors (Lipinski definition) is 2. The van der Waals surface area contributed by atoms with Crippen LogP contribution in [0.3, 0.4) is 0 Å². The first-order valence-electron chi connectivity index (χ1n) is 11.4. The maximum absolute atomic E-state index is 12.5. The number of anilines is 2. The number of fused-ring (bicyclic) bond motifs is 1. The molecule has 0 fully saturated rings. The Balaban J connectivity index is 1.36. The molecule has 0 radical (unpaired) electrons.